The van der Waals surface area contributed by atoms with Gasteiger partial charge in [-0.2, -0.15) is 0 Å². The molecule has 1 unspecified atom stereocenters. The molecule has 1 atom stereocenters. The minimum Gasteiger partial charge on any atom is -0.313 e. The topological polar surface area (TPSA) is 12.0 Å². The number of rotatable bonds is 3. The SMILES string of the molecule is CNC(c1cccc(Cl)c1Cl)C1CCC(C)(C)CC1. The Morgan fingerprint density at radius 3 is 2.42 bits per heavy atom. The van der Waals surface area contributed by atoms with Crippen LogP contribution in [-0.2, 0) is 0 Å². The zero-order chi connectivity index (χ0) is 14.0. The predicted octanol–water partition coefficient (Wildman–Crippen LogP) is 5.47. The molecule has 0 aliphatic heterocycles. The van der Waals surface area contributed by atoms with Gasteiger partial charge in [-0.15, -0.1) is 0 Å². The van der Waals surface area contributed by atoms with Crippen LogP contribution in [0.3, 0.4) is 0 Å². The van der Waals surface area contributed by atoms with Crippen LogP contribution in [0.5, 0.6) is 0 Å². The summed E-state index contributed by atoms with van der Waals surface area (Å²) in [6.07, 6.45) is 5.07. The maximum Gasteiger partial charge on any atom is 0.0640 e. The highest BCUT2D eigenvalue weighted by Gasteiger charge is 2.32. The second kappa shape index (κ2) is 6.03. The minimum absolute atomic E-state index is 0.308. The first kappa shape index (κ1) is 15.2. The molecule has 0 bridgehead atoms. The summed E-state index contributed by atoms with van der Waals surface area (Å²) in [6, 6.07) is 6.24. The highest BCUT2D eigenvalue weighted by atomic mass is 35.5. The molecular weight excluding hydrogens is 277 g/mol. The Balaban J connectivity index is 2.19. The monoisotopic (exact) mass is 299 g/mol. The van der Waals surface area contributed by atoms with E-state index >= 15 is 0 Å². The first-order valence-corrected chi connectivity index (χ1v) is 7.81. The van der Waals surface area contributed by atoms with Gasteiger partial charge >= 0.3 is 0 Å². The van der Waals surface area contributed by atoms with Crippen molar-refractivity contribution in [1.82, 2.24) is 5.32 Å². The molecular formula is C16H23Cl2N. The number of halogens is 2. The van der Waals surface area contributed by atoms with Gasteiger partial charge in [-0.05, 0) is 55.7 Å². The summed E-state index contributed by atoms with van der Waals surface area (Å²) in [5.41, 5.74) is 1.63. The van der Waals surface area contributed by atoms with E-state index in [1.54, 1.807) is 0 Å². The molecule has 1 aliphatic rings. The van der Waals surface area contributed by atoms with Gasteiger partial charge in [0.25, 0.3) is 0 Å². The Kier molecular flexibility index (Phi) is 4.81. The van der Waals surface area contributed by atoms with Crippen molar-refractivity contribution < 1.29 is 0 Å². The molecule has 1 nitrogen and oxygen atoms in total. The van der Waals surface area contributed by atoms with Gasteiger partial charge in [0.05, 0.1) is 10.0 Å². The molecule has 1 aromatic rings. The van der Waals surface area contributed by atoms with Gasteiger partial charge in [-0.25, -0.2) is 0 Å². The normalized spacial score (nSPS) is 21.3. The second-order valence-electron chi connectivity index (χ2n) is 6.41. The molecule has 0 aromatic heterocycles. The summed E-state index contributed by atoms with van der Waals surface area (Å²) in [5, 5.41) is 4.79. The van der Waals surface area contributed by atoms with E-state index in [1.807, 2.05) is 19.2 Å². The summed E-state index contributed by atoms with van der Waals surface area (Å²) in [4.78, 5) is 0. The van der Waals surface area contributed by atoms with E-state index in [1.165, 1.54) is 25.7 Å². The summed E-state index contributed by atoms with van der Waals surface area (Å²) in [5.74, 6) is 0.647. The lowest BCUT2D eigenvalue weighted by atomic mass is 9.70. The van der Waals surface area contributed by atoms with Crippen molar-refractivity contribution in [2.24, 2.45) is 11.3 Å². The lowest BCUT2D eigenvalue weighted by Gasteiger charge is -2.38. The second-order valence-corrected chi connectivity index (χ2v) is 7.20. The zero-order valence-electron chi connectivity index (χ0n) is 12.0. The highest BCUT2D eigenvalue weighted by Crippen LogP contribution is 2.44. The van der Waals surface area contributed by atoms with E-state index in [-0.39, 0.29) is 0 Å². The van der Waals surface area contributed by atoms with E-state index in [9.17, 15) is 0 Å². The molecule has 1 saturated carbocycles. The van der Waals surface area contributed by atoms with Crippen LogP contribution < -0.4 is 5.32 Å². The van der Waals surface area contributed by atoms with Crippen molar-refractivity contribution in [2.45, 2.75) is 45.6 Å². The maximum absolute atomic E-state index is 6.37. The van der Waals surface area contributed by atoms with Crippen LogP contribution in [0.1, 0.15) is 51.1 Å². The molecule has 0 heterocycles. The number of hydrogen-bond acceptors (Lipinski definition) is 1. The highest BCUT2D eigenvalue weighted by molar-refractivity contribution is 6.42. The fourth-order valence-electron chi connectivity index (χ4n) is 3.16. The van der Waals surface area contributed by atoms with Crippen molar-refractivity contribution in [1.29, 1.82) is 0 Å². The van der Waals surface area contributed by atoms with Gasteiger partial charge in [0.2, 0.25) is 0 Å². The Morgan fingerprint density at radius 1 is 1.21 bits per heavy atom. The van der Waals surface area contributed by atoms with Crippen LogP contribution >= 0.6 is 23.2 Å². The quantitative estimate of drug-likeness (QED) is 0.780. The third kappa shape index (κ3) is 3.45. The van der Waals surface area contributed by atoms with Gasteiger partial charge < -0.3 is 5.32 Å². The van der Waals surface area contributed by atoms with Crippen molar-refractivity contribution in [3.05, 3.63) is 33.8 Å². The van der Waals surface area contributed by atoms with Crippen molar-refractivity contribution in [3.63, 3.8) is 0 Å². The van der Waals surface area contributed by atoms with Crippen LogP contribution in [0.2, 0.25) is 10.0 Å². The van der Waals surface area contributed by atoms with Crippen molar-refractivity contribution in [2.75, 3.05) is 7.05 Å². The summed E-state index contributed by atoms with van der Waals surface area (Å²) < 4.78 is 0. The molecule has 1 aromatic carbocycles. The van der Waals surface area contributed by atoms with Gasteiger partial charge in [0.1, 0.15) is 0 Å². The summed E-state index contributed by atoms with van der Waals surface area (Å²) in [6.45, 7) is 4.73. The molecule has 0 spiro atoms. The molecule has 1 fully saturated rings. The standard InChI is InChI=1S/C16H23Cl2N/c1-16(2)9-7-11(8-10-16)15(19-3)12-5-4-6-13(17)14(12)18/h4-6,11,15,19H,7-10H2,1-3H3. The van der Waals surface area contributed by atoms with Crippen LogP contribution in [-0.4, -0.2) is 7.05 Å². The number of hydrogen-bond donors (Lipinski definition) is 1. The van der Waals surface area contributed by atoms with E-state index in [2.05, 4.69) is 25.2 Å². The third-order valence-electron chi connectivity index (χ3n) is 4.48. The first-order valence-electron chi connectivity index (χ1n) is 7.06. The van der Waals surface area contributed by atoms with Crippen LogP contribution in [0.25, 0.3) is 0 Å². The van der Waals surface area contributed by atoms with Gasteiger partial charge in [-0.1, -0.05) is 49.2 Å². The van der Waals surface area contributed by atoms with E-state index in [0.29, 0.717) is 27.4 Å². The largest absolute Gasteiger partial charge is 0.313 e. The molecule has 0 amide bonds. The average molecular weight is 300 g/mol. The Hall–Kier alpha value is -0.240. The van der Waals surface area contributed by atoms with Crippen LogP contribution in [0.15, 0.2) is 18.2 Å². The molecule has 3 heteroatoms. The minimum atomic E-state index is 0.308. The van der Waals surface area contributed by atoms with E-state index in [4.69, 9.17) is 23.2 Å². The molecule has 106 valence electrons. The zero-order valence-corrected chi connectivity index (χ0v) is 13.5. The molecule has 1 N–H and O–H groups in total. The first-order chi connectivity index (χ1) is 8.94. The molecule has 0 saturated heterocycles. The lowest BCUT2D eigenvalue weighted by Crippen LogP contribution is -2.31. The molecule has 1 aliphatic carbocycles. The fourth-order valence-corrected chi connectivity index (χ4v) is 3.59. The predicted molar refractivity (Wildman–Crippen MR) is 84.0 cm³/mol. The van der Waals surface area contributed by atoms with Crippen LogP contribution in [0, 0.1) is 11.3 Å². The van der Waals surface area contributed by atoms with E-state index in [0.717, 1.165) is 5.56 Å². The van der Waals surface area contributed by atoms with Crippen molar-refractivity contribution in [3.8, 4) is 0 Å². The Labute approximate surface area is 126 Å². The number of nitrogens with one attached hydrogen (secondary N) is 1. The maximum atomic E-state index is 6.37. The molecule has 2 rings (SSSR count). The average Bonchev–Trinajstić information content (AvgIpc) is 2.37. The van der Waals surface area contributed by atoms with Gasteiger partial charge in [0, 0.05) is 6.04 Å². The number of benzene rings is 1. The molecule has 19 heavy (non-hydrogen) atoms. The Bertz CT molecular complexity index is 432. The van der Waals surface area contributed by atoms with E-state index < -0.39 is 0 Å². The van der Waals surface area contributed by atoms with Crippen molar-refractivity contribution >= 4 is 23.2 Å². The third-order valence-corrected chi connectivity index (χ3v) is 5.32. The van der Waals surface area contributed by atoms with Gasteiger partial charge in [0.15, 0.2) is 0 Å². The molecule has 0 radical (unpaired) electrons. The van der Waals surface area contributed by atoms with Crippen LogP contribution in [0.4, 0.5) is 0 Å². The fraction of sp³-hybridized carbons (Fsp3) is 0.625. The summed E-state index contributed by atoms with van der Waals surface area (Å²) in [7, 11) is 2.02. The lowest BCUT2D eigenvalue weighted by molar-refractivity contribution is 0.164. The smallest absolute Gasteiger partial charge is 0.0640 e. The Morgan fingerprint density at radius 2 is 1.84 bits per heavy atom. The summed E-state index contributed by atoms with van der Waals surface area (Å²) >= 11 is 12.5. The van der Waals surface area contributed by atoms with Gasteiger partial charge in [-0.3, -0.25) is 0 Å².